The minimum absolute atomic E-state index is 0.745. The van der Waals surface area contributed by atoms with Crippen LogP contribution >= 0.6 is 0 Å². The van der Waals surface area contributed by atoms with Crippen molar-refractivity contribution in [2.45, 2.75) is 0 Å². The summed E-state index contributed by atoms with van der Waals surface area (Å²) in [6.07, 6.45) is 4.85. The van der Waals surface area contributed by atoms with E-state index in [1.165, 1.54) is 6.33 Å². The molecule has 54 valence electrons. The summed E-state index contributed by atoms with van der Waals surface area (Å²) in [5, 5.41) is 7.49. The van der Waals surface area contributed by atoms with E-state index in [9.17, 15) is 0 Å². The summed E-state index contributed by atoms with van der Waals surface area (Å²) in [6, 6.07) is 0. The first kappa shape index (κ1) is 6.03. The van der Waals surface area contributed by atoms with Crippen molar-refractivity contribution >= 4 is 17.1 Å². The Bertz CT molecular complexity index is 390. The van der Waals surface area contributed by atoms with Crippen molar-refractivity contribution in [2.75, 3.05) is 0 Å². The topological polar surface area (TPSA) is 54.5 Å². The fraction of sp³-hybridized carbons (Fsp3) is 0. The molecule has 0 radical (unpaired) electrons. The molecule has 4 nitrogen and oxygen atoms in total. The van der Waals surface area contributed by atoms with Crippen LogP contribution in [0.2, 0.25) is 0 Å². The van der Waals surface area contributed by atoms with Crippen molar-refractivity contribution in [3.05, 3.63) is 24.8 Å². The van der Waals surface area contributed by atoms with Gasteiger partial charge in [-0.1, -0.05) is 6.58 Å². The molecule has 2 aromatic rings. The van der Waals surface area contributed by atoms with Crippen molar-refractivity contribution < 1.29 is 0 Å². The van der Waals surface area contributed by atoms with Gasteiger partial charge < -0.3 is 0 Å². The maximum absolute atomic E-state index is 4.01. The summed E-state index contributed by atoms with van der Waals surface area (Å²) < 4.78 is 0. The van der Waals surface area contributed by atoms with Crippen LogP contribution < -0.4 is 0 Å². The van der Waals surface area contributed by atoms with Gasteiger partial charge >= 0.3 is 0 Å². The van der Waals surface area contributed by atoms with Gasteiger partial charge in [-0.2, -0.15) is 5.10 Å². The van der Waals surface area contributed by atoms with Crippen LogP contribution in [0.1, 0.15) is 5.69 Å². The highest BCUT2D eigenvalue weighted by molar-refractivity contribution is 5.81. The summed E-state index contributed by atoms with van der Waals surface area (Å²) in [4.78, 5) is 7.98. The lowest BCUT2D eigenvalue weighted by Gasteiger charge is -1.90. The fourth-order valence-electron chi connectivity index (χ4n) is 0.946. The summed E-state index contributed by atoms with van der Waals surface area (Å²) >= 11 is 0. The first-order valence-electron chi connectivity index (χ1n) is 3.18. The summed E-state index contributed by atoms with van der Waals surface area (Å²) in [5.41, 5.74) is 1.55. The Balaban J connectivity index is 2.88. The molecule has 0 aromatic carbocycles. The van der Waals surface area contributed by atoms with Gasteiger partial charge in [-0.15, -0.1) is 0 Å². The zero-order chi connectivity index (χ0) is 7.68. The number of fused-ring (bicyclic) bond motifs is 1. The number of nitrogens with one attached hydrogen (secondary N) is 1. The molecule has 0 aliphatic carbocycles. The van der Waals surface area contributed by atoms with E-state index in [0.29, 0.717) is 0 Å². The van der Waals surface area contributed by atoms with E-state index >= 15 is 0 Å². The van der Waals surface area contributed by atoms with Crippen molar-refractivity contribution in [3.8, 4) is 0 Å². The van der Waals surface area contributed by atoms with E-state index in [0.717, 1.165) is 16.7 Å². The molecule has 2 rings (SSSR count). The van der Waals surface area contributed by atoms with Gasteiger partial charge in [0.25, 0.3) is 0 Å². The maximum Gasteiger partial charge on any atom is 0.159 e. The molecule has 1 N–H and O–H groups in total. The quantitative estimate of drug-likeness (QED) is 0.652. The monoisotopic (exact) mass is 146 g/mol. The molecule has 2 aromatic heterocycles. The van der Waals surface area contributed by atoms with Gasteiger partial charge in [-0.3, -0.25) is 5.10 Å². The SMILES string of the molecule is C=Cc1ncnc2[nH]ncc12. The second kappa shape index (κ2) is 2.16. The predicted octanol–water partition coefficient (Wildman–Crippen LogP) is 0.996. The summed E-state index contributed by atoms with van der Waals surface area (Å²) in [6.45, 7) is 3.63. The highest BCUT2D eigenvalue weighted by Gasteiger charge is 1.99. The number of nitrogens with zero attached hydrogens (tertiary/aromatic N) is 3. The Morgan fingerprint density at radius 1 is 1.45 bits per heavy atom. The zero-order valence-electron chi connectivity index (χ0n) is 5.78. The molecule has 0 unspecified atom stereocenters. The lowest BCUT2D eigenvalue weighted by atomic mass is 10.3. The molecule has 0 amide bonds. The predicted molar refractivity (Wildman–Crippen MR) is 41.8 cm³/mol. The number of H-pyrrole nitrogens is 1. The fourth-order valence-corrected chi connectivity index (χ4v) is 0.946. The third-order valence-electron chi connectivity index (χ3n) is 1.47. The van der Waals surface area contributed by atoms with Crippen LogP contribution in [0.15, 0.2) is 19.1 Å². The molecule has 11 heavy (non-hydrogen) atoms. The Kier molecular flexibility index (Phi) is 1.18. The van der Waals surface area contributed by atoms with Gasteiger partial charge in [0, 0.05) is 0 Å². The van der Waals surface area contributed by atoms with Crippen LogP contribution in [0.4, 0.5) is 0 Å². The Morgan fingerprint density at radius 2 is 2.36 bits per heavy atom. The van der Waals surface area contributed by atoms with Crippen molar-refractivity contribution in [3.63, 3.8) is 0 Å². The van der Waals surface area contributed by atoms with Gasteiger partial charge in [-0.25, -0.2) is 9.97 Å². The molecular formula is C7H6N4. The average Bonchev–Trinajstić information content (AvgIpc) is 2.50. The standard InChI is InChI=1S/C7H6N4/c1-2-6-5-3-10-11-7(5)9-4-8-6/h2-4H,1H2,(H,8,9,10,11). The summed E-state index contributed by atoms with van der Waals surface area (Å²) in [7, 11) is 0. The molecule has 0 atom stereocenters. The molecule has 0 saturated heterocycles. The third kappa shape index (κ3) is 0.797. The highest BCUT2D eigenvalue weighted by atomic mass is 15.1. The second-order valence-electron chi connectivity index (χ2n) is 2.10. The molecule has 0 bridgehead atoms. The smallest absolute Gasteiger partial charge is 0.159 e. The van der Waals surface area contributed by atoms with Crippen LogP contribution in [0.25, 0.3) is 17.1 Å². The minimum atomic E-state index is 0.745. The molecule has 0 aliphatic rings. The van der Waals surface area contributed by atoms with Gasteiger partial charge in [0.2, 0.25) is 0 Å². The Labute approximate surface area is 63.0 Å². The first-order chi connectivity index (χ1) is 5.42. The van der Waals surface area contributed by atoms with Crippen LogP contribution in [0.5, 0.6) is 0 Å². The van der Waals surface area contributed by atoms with E-state index in [2.05, 4.69) is 26.7 Å². The minimum Gasteiger partial charge on any atom is -0.261 e. The van der Waals surface area contributed by atoms with Gasteiger partial charge in [0.05, 0.1) is 17.3 Å². The van der Waals surface area contributed by atoms with E-state index in [-0.39, 0.29) is 0 Å². The molecule has 0 spiro atoms. The first-order valence-corrected chi connectivity index (χ1v) is 3.18. The number of rotatable bonds is 1. The van der Waals surface area contributed by atoms with Crippen molar-refractivity contribution in [1.29, 1.82) is 0 Å². The van der Waals surface area contributed by atoms with Crippen LogP contribution in [-0.2, 0) is 0 Å². The highest BCUT2D eigenvalue weighted by Crippen LogP contribution is 2.10. The van der Waals surface area contributed by atoms with E-state index in [4.69, 9.17) is 0 Å². The number of aromatic amines is 1. The lowest BCUT2D eigenvalue weighted by molar-refractivity contribution is 1.09. The molecule has 0 aliphatic heterocycles. The molecule has 0 fully saturated rings. The molecular weight excluding hydrogens is 140 g/mol. The molecule has 0 saturated carbocycles. The third-order valence-corrected chi connectivity index (χ3v) is 1.47. The largest absolute Gasteiger partial charge is 0.261 e. The lowest BCUT2D eigenvalue weighted by Crippen LogP contribution is -1.83. The van der Waals surface area contributed by atoms with Gasteiger partial charge in [-0.05, 0) is 6.08 Å². The van der Waals surface area contributed by atoms with Crippen molar-refractivity contribution in [2.24, 2.45) is 0 Å². The normalized spacial score (nSPS) is 10.2. The summed E-state index contributed by atoms with van der Waals surface area (Å²) in [5.74, 6) is 0. The maximum atomic E-state index is 4.01. The van der Waals surface area contributed by atoms with E-state index in [1.54, 1.807) is 12.3 Å². The van der Waals surface area contributed by atoms with E-state index < -0.39 is 0 Å². The van der Waals surface area contributed by atoms with Gasteiger partial charge in [0.15, 0.2) is 5.65 Å². The molecule has 4 heteroatoms. The average molecular weight is 146 g/mol. The Morgan fingerprint density at radius 3 is 3.18 bits per heavy atom. The van der Waals surface area contributed by atoms with E-state index in [1.807, 2.05) is 0 Å². The zero-order valence-corrected chi connectivity index (χ0v) is 5.78. The number of hydrogen-bond donors (Lipinski definition) is 1. The van der Waals surface area contributed by atoms with Crippen LogP contribution in [0.3, 0.4) is 0 Å². The Hall–Kier alpha value is -1.71. The van der Waals surface area contributed by atoms with Crippen LogP contribution in [0, 0.1) is 0 Å². The number of aromatic nitrogens is 4. The van der Waals surface area contributed by atoms with Crippen LogP contribution in [-0.4, -0.2) is 20.2 Å². The number of hydrogen-bond acceptors (Lipinski definition) is 3. The second-order valence-corrected chi connectivity index (χ2v) is 2.10. The van der Waals surface area contributed by atoms with Crippen molar-refractivity contribution in [1.82, 2.24) is 20.2 Å². The van der Waals surface area contributed by atoms with Gasteiger partial charge in [0.1, 0.15) is 6.33 Å². The molecule has 2 heterocycles.